The Morgan fingerprint density at radius 2 is 2.04 bits per heavy atom. The predicted molar refractivity (Wildman–Crippen MR) is 100 cm³/mol. The fourth-order valence-electron chi connectivity index (χ4n) is 2.47. The van der Waals surface area contributed by atoms with E-state index in [0.717, 1.165) is 21.7 Å². The number of benzene rings is 2. The van der Waals surface area contributed by atoms with Gasteiger partial charge in [0.25, 0.3) is 0 Å². The molecule has 0 bridgehead atoms. The molecule has 1 N–H and O–H groups in total. The van der Waals surface area contributed by atoms with E-state index in [1.807, 2.05) is 18.2 Å². The fraction of sp³-hybridized carbons (Fsp3) is 0.0588. The zero-order valence-corrected chi connectivity index (χ0v) is 15.3. The average molecular weight is 426 g/mol. The van der Waals surface area contributed by atoms with Crippen molar-refractivity contribution in [1.29, 1.82) is 0 Å². The molecule has 1 aromatic heterocycles. The summed E-state index contributed by atoms with van der Waals surface area (Å²) in [5, 5.41) is 4.18. The number of amides is 1. The summed E-state index contributed by atoms with van der Waals surface area (Å²) in [6.07, 6.45) is 2.43. The van der Waals surface area contributed by atoms with Gasteiger partial charge in [-0.05, 0) is 30.3 Å². The van der Waals surface area contributed by atoms with Crippen molar-refractivity contribution in [2.24, 2.45) is 0 Å². The molecule has 122 valence electrons. The highest BCUT2D eigenvalue weighted by atomic mass is 79.9. The van der Waals surface area contributed by atoms with Crippen LogP contribution in [0.3, 0.4) is 0 Å². The lowest BCUT2D eigenvalue weighted by molar-refractivity contribution is -0.116. The van der Waals surface area contributed by atoms with Crippen LogP contribution in [0.25, 0.3) is 10.9 Å². The minimum atomic E-state index is -0.267. The molecule has 0 unspecified atom stereocenters. The van der Waals surface area contributed by atoms with E-state index in [0.29, 0.717) is 21.3 Å². The van der Waals surface area contributed by atoms with Crippen LogP contribution in [-0.2, 0) is 11.3 Å². The molecule has 1 amide bonds. The van der Waals surface area contributed by atoms with Gasteiger partial charge < -0.3 is 9.88 Å². The molecule has 0 radical (unpaired) electrons. The highest BCUT2D eigenvalue weighted by molar-refractivity contribution is 9.10. The van der Waals surface area contributed by atoms with Crippen LogP contribution in [0.4, 0.5) is 5.69 Å². The number of fused-ring (bicyclic) bond motifs is 1. The molecule has 0 atom stereocenters. The number of carbonyl (C=O) groups excluding carboxylic acids is 2. The monoisotopic (exact) mass is 424 g/mol. The minimum absolute atomic E-state index is 0.0504. The van der Waals surface area contributed by atoms with Gasteiger partial charge in [-0.25, -0.2) is 0 Å². The summed E-state index contributed by atoms with van der Waals surface area (Å²) < 4.78 is 2.59. The predicted octanol–water partition coefficient (Wildman–Crippen LogP) is 5.16. The second kappa shape index (κ2) is 6.97. The summed E-state index contributed by atoms with van der Waals surface area (Å²) in [6.45, 7) is 0.0504. The Morgan fingerprint density at radius 1 is 1.25 bits per heavy atom. The lowest BCUT2D eigenvalue weighted by atomic mass is 10.2. The standard InChI is InChI=1S/C17H11BrCl2N2O2/c18-11-4-5-15-12(6-11)10(9-23)7-22(15)8-16(24)21-14-3-1-2-13(19)17(14)20/h1-7,9H,8H2,(H,21,24). The highest BCUT2D eigenvalue weighted by Crippen LogP contribution is 2.30. The Hall–Kier alpha value is -1.82. The molecule has 0 aliphatic heterocycles. The molecule has 0 aliphatic carbocycles. The van der Waals surface area contributed by atoms with E-state index in [-0.39, 0.29) is 12.5 Å². The van der Waals surface area contributed by atoms with Gasteiger partial charge in [-0.1, -0.05) is 45.2 Å². The second-order valence-corrected chi connectivity index (χ2v) is 6.84. The molecule has 4 nitrogen and oxygen atoms in total. The molecule has 3 rings (SSSR count). The quantitative estimate of drug-likeness (QED) is 0.586. The summed E-state index contributed by atoms with van der Waals surface area (Å²) in [5.41, 5.74) is 1.77. The van der Waals surface area contributed by atoms with E-state index in [4.69, 9.17) is 23.2 Å². The Balaban J connectivity index is 1.88. The Labute approximate surface area is 156 Å². The largest absolute Gasteiger partial charge is 0.337 e. The number of aldehydes is 1. The zero-order chi connectivity index (χ0) is 17.3. The molecular formula is C17H11BrCl2N2O2. The van der Waals surface area contributed by atoms with Crippen molar-refractivity contribution in [2.45, 2.75) is 6.54 Å². The summed E-state index contributed by atoms with van der Waals surface area (Å²) in [5.74, 6) is -0.267. The summed E-state index contributed by atoms with van der Waals surface area (Å²) in [7, 11) is 0. The molecule has 0 saturated carbocycles. The van der Waals surface area contributed by atoms with Crippen LogP contribution in [-0.4, -0.2) is 16.8 Å². The third kappa shape index (κ3) is 3.34. The normalized spacial score (nSPS) is 10.8. The van der Waals surface area contributed by atoms with E-state index in [9.17, 15) is 9.59 Å². The molecule has 7 heteroatoms. The van der Waals surface area contributed by atoms with Gasteiger partial charge in [0, 0.05) is 27.1 Å². The van der Waals surface area contributed by atoms with Gasteiger partial charge in [0.05, 0.1) is 15.7 Å². The molecule has 1 heterocycles. The van der Waals surface area contributed by atoms with E-state index >= 15 is 0 Å². The maximum atomic E-state index is 12.3. The van der Waals surface area contributed by atoms with Crippen LogP contribution in [0, 0.1) is 0 Å². The maximum Gasteiger partial charge on any atom is 0.244 e. The molecule has 0 fully saturated rings. The number of hydrogen-bond donors (Lipinski definition) is 1. The third-order valence-corrected chi connectivity index (χ3v) is 4.85. The topological polar surface area (TPSA) is 51.1 Å². The van der Waals surface area contributed by atoms with Gasteiger partial charge >= 0.3 is 0 Å². The first-order valence-corrected chi connectivity index (χ1v) is 8.52. The van der Waals surface area contributed by atoms with Crippen LogP contribution >= 0.6 is 39.1 Å². The number of nitrogens with zero attached hydrogens (tertiary/aromatic N) is 1. The number of carbonyl (C=O) groups is 2. The first kappa shape index (κ1) is 17.0. The minimum Gasteiger partial charge on any atom is -0.337 e. The SMILES string of the molecule is O=Cc1cn(CC(=O)Nc2cccc(Cl)c2Cl)c2ccc(Br)cc12. The van der Waals surface area contributed by atoms with Crippen molar-refractivity contribution < 1.29 is 9.59 Å². The van der Waals surface area contributed by atoms with Gasteiger partial charge in [-0.2, -0.15) is 0 Å². The van der Waals surface area contributed by atoms with Gasteiger partial charge in [-0.15, -0.1) is 0 Å². The fourth-order valence-corrected chi connectivity index (χ4v) is 3.18. The van der Waals surface area contributed by atoms with Crippen LogP contribution in [0.15, 0.2) is 47.1 Å². The summed E-state index contributed by atoms with van der Waals surface area (Å²) in [6, 6.07) is 10.6. The van der Waals surface area contributed by atoms with Gasteiger partial charge in [-0.3, -0.25) is 9.59 Å². The molecule has 0 saturated heterocycles. The van der Waals surface area contributed by atoms with Crippen LogP contribution in [0.5, 0.6) is 0 Å². The lowest BCUT2D eigenvalue weighted by Crippen LogP contribution is -2.18. The van der Waals surface area contributed by atoms with Crippen molar-refractivity contribution in [2.75, 3.05) is 5.32 Å². The van der Waals surface area contributed by atoms with E-state index in [1.165, 1.54) is 0 Å². The smallest absolute Gasteiger partial charge is 0.244 e. The van der Waals surface area contributed by atoms with Crippen LogP contribution in [0.1, 0.15) is 10.4 Å². The lowest BCUT2D eigenvalue weighted by Gasteiger charge is -2.09. The molecule has 0 spiro atoms. The second-order valence-electron chi connectivity index (χ2n) is 5.14. The van der Waals surface area contributed by atoms with E-state index in [2.05, 4.69) is 21.2 Å². The molecule has 24 heavy (non-hydrogen) atoms. The van der Waals surface area contributed by atoms with Crippen LogP contribution in [0.2, 0.25) is 10.0 Å². The first-order chi connectivity index (χ1) is 11.5. The first-order valence-electron chi connectivity index (χ1n) is 6.97. The number of nitrogens with one attached hydrogen (secondary N) is 1. The average Bonchev–Trinajstić information content (AvgIpc) is 2.88. The maximum absolute atomic E-state index is 12.3. The summed E-state index contributed by atoms with van der Waals surface area (Å²) in [4.78, 5) is 23.6. The Morgan fingerprint density at radius 3 is 2.79 bits per heavy atom. The Bertz CT molecular complexity index is 953. The molecule has 3 aromatic rings. The van der Waals surface area contributed by atoms with Crippen LogP contribution < -0.4 is 5.32 Å². The van der Waals surface area contributed by atoms with Crippen molar-refractivity contribution >= 4 is 67.9 Å². The van der Waals surface area contributed by atoms with Crippen molar-refractivity contribution in [3.8, 4) is 0 Å². The highest BCUT2D eigenvalue weighted by Gasteiger charge is 2.13. The Kier molecular flexibility index (Phi) is 4.94. The third-order valence-electron chi connectivity index (χ3n) is 3.54. The number of hydrogen-bond acceptors (Lipinski definition) is 2. The zero-order valence-electron chi connectivity index (χ0n) is 12.2. The number of rotatable bonds is 4. The van der Waals surface area contributed by atoms with E-state index in [1.54, 1.807) is 29.0 Å². The number of halogens is 3. The van der Waals surface area contributed by atoms with E-state index < -0.39 is 0 Å². The molecular weight excluding hydrogens is 415 g/mol. The van der Waals surface area contributed by atoms with Crippen molar-refractivity contribution in [3.63, 3.8) is 0 Å². The van der Waals surface area contributed by atoms with Crippen molar-refractivity contribution in [1.82, 2.24) is 4.57 Å². The van der Waals surface area contributed by atoms with Gasteiger partial charge in [0.2, 0.25) is 5.91 Å². The summed E-state index contributed by atoms with van der Waals surface area (Å²) >= 11 is 15.4. The molecule has 0 aliphatic rings. The number of anilines is 1. The van der Waals surface area contributed by atoms with Gasteiger partial charge in [0.1, 0.15) is 6.54 Å². The van der Waals surface area contributed by atoms with Crippen molar-refractivity contribution in [3.05, 3.63) is 62.7 Å². The van der Waals surface area contributed by atoms with Gasteiger partial charge in [0.15, 0.2) is 6.29 Å². The number of aromatic nitrogens is 1. The molecule has 2 aromatic carbocycles.